The van der Waals surface area contributed by atoms with E-state index in [2.05, 4.69) is 22.4 Å². The Morgan fingerprint density at radius 1 is 1.31 bits per heavy atom. The number of rotatable bonds is 4. The van der Waals surface area contributed by atoms with Gasteiger partial charge in [0.25, 0.3) is 0 Å². The first-order valence-electron chi connectivity index (χ1n) is 5.97. The molecule has 1 N–H and O–H groups in total. The molecule has 4 heteroatoms. The zero-order valence-electron chi connectivity index (χ0n) is 9.67. The Morgan fingerprint density at radius 2 is 2.06 bits per heavy atom. The lowest BCUT2D eigenvalue weighted by molar-refractivity contribution is 0.306. The second-order valence-corrected chi connectivity index (χ2v) is 5.04. The first-order valence-corrected chi connectivity index (χ1v) is 6.35. The minimum Gasteiger partial charge on any atom is -0.368 e. The largest absolute Gasteiger partial charge is 0.368 e. The molecule has 1 aromatic rings. The molecule has 3 nitrogen and oxygen atoms in total. The SMILES string of the molecule is CCC1(CNc2ccc(Cl)nn2)CCCC1. The third kappa shape index (κ3) is 2.64. The van der Waals surface area contributed by atoms with Crippen LogP contribution >= 0.6 is 11.6 Å². The van der Waals surface area contributed by atoms with Crippen LogP contribution in [-0.2, 0) is 0 Å². The van der Waals surface area contributed by atoms with Crippen molar-refractivity contribution >= 4 is 17.4 Å². The second kappa shape index (κ2) is 5.00. The summed E-state index contributed by atoms with van der Waals surface area (Å²) in [5, 5.41) is 11.7. The second-order valence-electron chi connectivity index (χ2n) is 4.66. The molecule has 16 heavy (non-hydrogen) atoms. The van der Waals surface area contributed by atoms with Gasteiger partial charge in [-0.05, 0) is 36.8 Å². The molecule has 88 valence electrons. The molecule has 1 saturated carbocycles. The van der Waals surface area contributed by atoms with E-state index in [1.807, 2.05) is 6.07 Å². The van der Waals surface area contributed by atoms with Gasteiger partial charge in [-0.25, -0.2) is 0 Å². The number of hydrogen-bond acceptors (Lipinski definition) is 3. The number of aromatic nitrogens is 2. The highest BCUT2D eigenvalue weighted by Gasteiger charge is 2.31. The smallest absolute Gasteiger partial charge is 0.151 e. The summed E-state index contributed by atoms with van der Waals surface area (Å²) < 4.78 is 0. The van der Waals surface area contributed by atoms with Crippen molar-refractivity contribution in [1.29, 1.82) is 0 Å². The van der Waals surface area contributed by atoms with Gasteiger partial charge in [0.15, 0.2) is 5.15 Å². The van der Waals surface area contributed by atoms with E-state index in [0.717, 1.165) is 12.4 Å². The molecule has 0 amide bonds. The number of hydrogen-bond donors (Lipinski definition) is 1. The summed E-state index contributed by atoms with van der Waals surface area (Å²) in [7, 11) is 0. The van der Waals surface area contributed by atoms with Gasteiger partial charge < -0.3 is 5.32 Å². The van der Waals surface area contributed by atoms with E-state index in [1.165, 1.54) is 32.1 Å². The first-order chi connectivity index (χ1) is 7.74. The molecule has 1 heterocycles. The summed E-state index contributed by atoms with van der Waals surface area (Å²) in [6, 6.07) is 3.65. The van der Waals surface area contributed by atoms with Gasteiger partial charge in [-0.1, -0.05) is 31.4 Å². The molecular formula is C12H18ClN3. The molecular weight excluding hydrogens is 222 g/mol. The van der Waals surface area contributed by atoms with Crippen LogP contribution in [0.5, 0.6) is 0 Å². The Balaban J connectivity index is 1.93. The summed E-state index contributed by atoms with van der Waals surface area (Å²) in [4.78, 5) is 0. The van der Waals surface area contributed by atoms with Crippen LogP contribution in [0.1, 0.15) is 39.0 Å². The molecule has 0 spiro atoms. The van der Waals surface area contributed by atoms with Gasteiger partial charge in [-0.15, -0.1) is 10.2 Å². The van der Waals surface area contributed by atoms with Gasteiger partial charge in [-0.3, -0.25) is 0 Å². The quantitative estimate of drug-likeness (QED) is 0.874. The van der Waals surface area contributed by atoms with Crippen molar-refractivity contribution in [3.63, 3.8) is 0 Å². The van der Waals surface area contributed by atoms with E-state index >= 15 is 0 Å². The molecule has 1 aromatic heterocycles. The van der Waals surface area contributed by atoms with Crippen LogP contribution in [-0.4, -0.2) is 16.7 Å². The topological polar surface area (TPSA) is 37.8 Å². The van der Waals surface area contributed by atoms with E-state index in [1.54, 1.807) is 6.07 Å². The van der Waals surface area contributed by atoms with Gasteiger partial charge >= 0.3 is 0 Å². The van der Waals surface area contributed by atoms with Crippen molar-refractivity contribution in [3.05, 3.63) is 17.3 Å². The molecule has 0 aliphatic heterocycles. The van der Waals surface area contributed by atoms with E-state index in [4.69, 9.17) is 11.6 Å². The first kappa shape index (κ1) is 11.6. The molecule has 0 radical (unpaired) electrons. The average molecular weight is 240 g/mol. The van der Waals surface area contributed by atoms with E-state index in [-0.39, 0.29) is 0 Å². The van der Waals surface area contributed by atoms with Crippen molar-refractivity contribution in [2.24, 2.45) is 5.41 Å². The van der Waals surface area contributed by atoms with Crippen molar-refractivity contribution in [1.82, 2.24) is 10.2 Å². The van der Waals surface area contributed by atoms with Crippen LogP contribution in [0.25, 0.3) is 0 Å². The number of halogens is 1. The third-order valence-corrected chi connectivity index (χ3v) is 3.89. The van der Waals surface area contributed by atoms with Crippen molar-refractivity contribution in [2.75, 3.05) is 11.9 Å². The Bertz CT molecular complexity index is 331. The Kier molecular flexibility index (Phi) is 3.64. The van der Waals surface area contributed by atoms with Crippen LogP contribution in [0.3, 0.4) is 0 Å². The molecule has 0 atom stereocenters. The predicted octanol–water partition coefficient (Wildman–Crippen LogP) is 3.51. The normalized spacial score (nSPS) is 18.6. The van der Waals surface area contributed by atoms with Gasteiger partial charge in [0.1, 0.15) is 5.82 Å². The fraction of sp³-hybridized carbons (Fsp3) is 0.667. The summed E-state index contributed by atoms with van der Waals surface area (Å²) in [5.74, 6) is 0.823. The minimum absolute atomic E-state index is 0.441. The van der Waals surface area contributed by atoms with E-state index in [0.29, 0.717) is 10.6 Å². The van der Waals surface area contributed by atoms with Gasteiger partial charge in [0.05, 0.1) is 0 Å². The summed E-state index contributed by atoms with van der Waals surface area (Å²) in [5.41, 5.74) is 0.474. The van der Waals surface area contributed by atoms with Crippen LogP contribution in [0.15, 0.2) is 12.1 Å². The maximum Gasteiger partial charge on any atom is 0.151 e. The number of nitrogens with one attached hydrogen (secondary N) is 1. The highest BCUT2D eigenvalue weighted by Crippen LogP contribution is 2.40. The summed E-state index contributed by atoms with van der Waals surface area (Å²) >= 11 is 5.69. The van der Waals surface area contributed by atoms with Crippen molar-refractivity contribution in [3.8, 4) is 0 Å². The molecule has 0 aromatic carbocycles. The monoisotopic (exact) mass is 239 g/mol. The van der Waals surface area contributed by atoms with Gasteiger partial charge in [-0.2, -0.15) is 0 Å². The van der Waals surface area contributed by atoms with Crippen LogP contribution < -0.4 is 5.32 Å². The van der Waals surface area contributed by atoms with Crippen molar-refractivity contribution < 1.29 is 0 Å². The zero-order chi connectivity index (χ0) is 11.4. The third-order valence-electron chi connectivity index (χ3n) is 3.69. The highest BCUT2D eigenvalue weighted by atomic mass is 35.5. The molecule has 0 unspecified atom stereocenters. The van der Waals surface area contributed by atoms with E-state index < -0.39 is 0 Å². The standard InChI is InChI=1S/C12H18ClN3/c1-2-12(7-3-4-8-12)9-14-11-6-5-10(13)15-16-11/h5-6H,2-4,7-9H2,1H3,(H,14,16). The maximum atomic E-state index is 5.69. The fourth-order valence-corrected chi connectivity index (χ4v) is 2.57. The van der Waals surface area contributed by atoms with Crippen LogP contribution in [0.4, 0.5) is 5.82 Å². The molecule has 1 aliphatic rings. The molecule has 2 rings (SSSR count). The van der Waals surface area contributed by atoms with Crippen molar-refractivity contribution in [2.45, 2.75) is 39.0 Å². The predicted molar refractivity (Wildman–Crippen MR) is 66.7 cm³/mol. The lowest BCUT2D eigenvalue weighted by atomic mass is 9.83. The Hall–Kier alpha value is -0.830. The van der Waals surface area contributed by atoms with Gasteiger partial charge in [0, 0.05) is 6.54 Å². The molecule has 1 aliphatic carbocycles. The summed E-state index contributed by atoms with van der Waals surface area (Å²) in [6.07, 6.45) is 6.62. The lowest BCUT2D eigenvalue weighted by Gasteiger charge is -2.27. The summed E-state index contributed by atoms with van der Waals surface area (Å²) in [6.45, 7) is 3.28. The molecule has 0 bridgehead atoms. The Labute approximate surface area is 102 Å². The number of anilines is 1. The fourth-order valence-electron chi connectivity index (χ4n) is 2.47. The lowest BCUT2D eigenvalue weighted by Crippen LogP contribution is -2.26. The highest BCUT2D eigenvalue weighted by molar-refractivity contribution is 6.29. The Morgan fingerprint density at radius 3 is 2.62 bits per heavy atom. The van der Waals surface area contributed by atoms with Crippen LogP contribution in [0, 0.1) is 5.41 Å². The average Bonchev–Trinajstić information content (AvgIpc) is 2.78. The number of nitrogens with zero attached hydrogens (tertiary/aromatic N) is 2. The maximum absolute atomic E-state index is 5.69. The molecule has 1 fully saturated rings. The van der Waals surface area contributed by atoms with Gasteiger partial charge in [0.2, 0.25) is 0 Å². The minimum atomic E-state index is 0.441. The zero-order valence-corrected chi connectivity index (χ0v) is 10.4. The van der Waals surface area contributed by atoms with E-state index in [9.17, 15) is 0 Å². The molecule has 0 saturated heterocycles. The van der Waals surface area contributed by atoms with Crippen LogP contribution in [0.2, 0.25) is 5.15 Å².